The maximum Gasteiger partial charge on any atom is 0.306 e. The fourth-order valence-corrected chi connectivity index (χ4v) is 7.50. The first-order valence-corrected chi connectivity index (χ1v) is 24.9. The molecule has 0 saturated heterocycles. The molecule has 0 rings (SSSR count). The van der Waals surface area contributed by atoms with Crippen LogP contribution in [0.4, 0.5) is 0 Å². The van der Waals surface area contributed by atoms with Gasteiger partial charge < -0.3 is 20.3 Å². The smallest absolute Gasteiger partial charge is 0.306 e. The Morgan fingerprint density at radius 3 is 1.40 bits per heavy atom. The molecule has 58 heavy (non-hydrogen) atoms. The van der Waals surface area contributed by atoms with Gasteiger partial charge in [0.15, 0.2) is 0 Å². The van der Waals surface area contributed by atoms with Crippen molar-refractivity contribution in [3.8, 4) is 0 Å². The van der Waals surface area contributed by atoms with Gasteiger partial charge in [-0.15, -0.1) is 0 Å². The number of allylic oxidation sites excluding steroid dienone is 8. The summed E-state index contributed by atoms with van der Waals surface area (Å²) in [7, 11) is 0. The van der Waals surface area contributed by atoms with Crippen LogP contribution in [0, 0.1) is 0 Å². The van der Waals surface area contributed by atoms with Crippen LogP contribution < -0.4 is 5.32 Å². The van der Waals surface area contributed by atoms with Crippen LogP contribution >= 0.6 is 0 Å². The summed E-state index contributed by atoms with van der Waals surface area (Å²) in [6.45, 7) is 6.34. The van der Waals surface area contributed by atoms with E-state index in [1.165, 1.54) is 135 Å². The van der Waals surface area contributed by atoms with E-state index in [4.69, 9.17) is 4.74 Å². The molecule has 338 valence electrons. The number of nitrogens with one attached hydrogen (secondary N) is 1. The van der Waals surface area contributed by atoms with Gasteiger partial charge in [0, 0.05) is 6.42 Å². The van der Waals surface area contributed by atoms with Crippen molar-refractivity contribution in [2.45, 2.75) is 264 Å². The maximum absolute atomic E-state index is 13.2. The van der Waals surface area contributed by atoms with E-state index in [2.05, 4.69) is 50.4 Å². The van der Waals surface area contributed by atoms with Gasteiger partial charge in [-0.3, -0.25) is 9.59 Å². The lowest BCUT2D eigenvalue weighted by Crippen LogP contribution is -2.46. The van der Waals surface area contributed by atoms with Crippen molar-refractivity contribution in [3.05, 3.63) is 48.6 Å². The summed E-state index contributed by atoms with van der Waals surface area (Å²) in [5, 5.41) is 23.7. The molecule has 0 aromatic heterocycles. The molecule has 0 aliphatic heterocycles. The van der Waals surface area contributed by atoms with Gasteiger partial charge in [0.1, 0.15) is 6.10 Å². The Kier molecular flexibility index (Phi) is 44.2. The number of carbonyl (C=O) groups is 2. The van der Waals surface area contributed by atoms with Crippen molar-refractivity contribution in [2.75, 3.05) is 6.61 Å². The van der Waals surface area contributed by atoms with Crippen molar-refractivity contribution in [1.82, 2.24) is 5.32 Å². The number of rotatable bonds is 44. The van der Waals surface area contributed by atoms with Crippen LogP contribution in [0.15, 0.2) is 48.6 Å². The molecule has 0 fully saturated rings. The van der Waals surface area contributed by atoms with Crippen molar-refractivity contribution in [1.29, 1.82) is 0 Å². The van der Waals surface area contributed by atoms with Gasteiger partial charge in [-0.05, 0) is 44.9 Å². The summed E-state index contributed by atoms with van der Waals surface area (Å²) in [6.07, 6.45) is 54.5. The molecule has 3 N–H and O–H groups in total. The minimum atomic E-state index is -0.792. The Morgan fingerprint density at radius 2 is 0.931 bits per heavy atom. The predicted molar refractivity (Wildman–Crippen MR) is 250 cm³/mol. The van der Waals surface area contributed by atoms with Crippen LogP contribution in [0.2, 0.25) is 0 Å². The number of amides is 1. The summed E-state index contributed by atoms with van der Waals surface area (Å²) < 4.78 is 5.90. The Labute approximate surface area is 359 Å². The average molecular weight is 814 g/mol. The summed E-state index contributed by atoms with van der Waals surface area (Å²) in [6, 6.07) is -0.707. The van der Waals surface area contributed by atoms with Gasteiger partial charge in [0.25, 0.3) is 0 Å². The van der Waals surface area contributed by atoms with Gasteiger partial charge in [-0.1, -0.05) is 236 Å². The highest BCUT2D eigenvalue weighted by atomic mass is 16.5. The average Bonchev–Trinajstić information content (AvgIpc) is 3.22. The molecule has 0 heterocycles. The number of ether oxygens (including phenoxy) is 1. The highest BCUT2D eigenvalue weighted by Gasteiger charge is 2.24. The van der Waals surface area contributed by atoms with Crippen molar-refractivity contribution >= 4 is 11.9 Å². The van der Waals surface area contributed by atoms with Crippen molar-refractivity contribution in [2.24, 2.45) is 0 Å². The maximum atomic E-state index is 13.2. The standard InChI is InChI=1S/C52H95NO5/c1-4-7-10-13-16-19-22-25-28-31-34-37-40-43-48(58-52(57)45-42-39-36-33-30-27-24-21-18-15-12-9-6-3)46-51(56)53-49(47-54)50(55)44-41-38-35-32-29-26-23-20-17-14-11-8-5-2/h9,12,15,18,21,24,27,30,48-50,54-55H,4-8,10-11,13-14,16-17,19-20,22-23,25-26,28-29,31-47H2,1-3H3,(H,53,56)/b12-9+,18-15+,24-21-,30-27-. The molecule has 0 aliphatic rings. The zero-order valence-electron chi connectivity index (χ0n) is 38.4. The highest BCUT2D eigenvalue weighted by Crippen LogP contribution is 2.18. The third-order valence-corrected chi connectivity index (χ3v) is 11.3. The first kappa shape index (κ1) is 55.8. The monoisotopic (exact) mass is 814 g/mol. The minimum Gasteiger partial charge on any atom is -0.462 e. The first-order chi connectivity index (χ1) is 28.5. The Morgan fingerprint density at radius 1 is 0.517 bits per heavy atom. The van der Waals surface area contributed by atoms with Crippen LogP contribution in [0.3, 0.4) is 0 Å². The van der Waals surface area contributed by atoms with E-state index in [0.717, 1.165) is 64.2 Å². The number of carbonyl (C=O) groups excluding carboxylic acids is 2. The minimum absolute atomic E-state index is 0.0638. The lowest BCUT2D eigenvalue weighted by atomic mass is 10.0. The largest absolute Gasteiger partial charge is 0.462 e. The molecule has 3 unspecified atom stereocenters. The summed E-state index contributed by atoms with van der Waals surface area (Å²) in [5.74, 6) is -0.513. The molecule has 6 nitrogen and oxygen atoms in total. The third-order valence-electron chi connectivity index (χ3n) is 11.3. The summed E-state index contributed by atoms with van der Waals surface area (Å²) in [5.41, 5.74) is 0. The van der Waals surface area contributed by atoms with Crippen LogP contribution in [0.5, 0.6) is 0 Å². The van der Waals surface area contributed by atoms with Gasteiger partial charge in [0.05, 0.1) is 25.2 Å². The van der Waals surface area contributed by atoms with E-state index in [9.17, 15) is 19.8 Å². The molecule has 0 aromatic carbocycles. The van der Waals surface area contributed by atoms with Gasteiger partial charge in [-0.2, -0.15) is 0 Å². The van der Waals surface area contributed by atoms with Crippen molar-refractivity contribution < 1.29 is 24.5 Å². The second-order valence-electron chi connectivity index (χ2n) is 16.9. The molecule has 3 atom stereocenters. The van der Waals surface area contributed by atoms with Crippen molar-refractivity contribution in [3.63, 3.8) is 0 Å². The van der Waals surface area contributed by atoms with Crippen LogP contribution in [0.25, 0.3) is 0 Å². The zero-order chi connectivity index (χ0) is 42.4. The van der Waals surface area contributed by atoms with Gasteiger partial charge >= 0.3 is 5.97 Å². The molecular formula is C52H95NO5. The topological polar surface area (TPSA) is 95.9 Å². The van der Waals surface area contributed by atoms with Crippen LogP contribution in [-0.2, 0) is 14.3 Å². The SMILES string of the molecule is CC/C=C/C=C/C=C\C=C/CCCCCC(=O)OC(CCCCCCCCCCCCCCC)CC(=O)NC(CO)C(O)CCCCCCCCCCCCCCC. The van der Waals surface area contributed by atoms with Crippen LogP contribution in [0.1, 0.15) is 245 Å². The molecular weight excluding hydrogens is 719 g/mol. The quantitative estimate of drug-likeness (QED) is 0.0323. The number of aliphatic hydroxyl groups excluding tert-OH is 2. The molecule has 1 amide bonds. The zero-order valence-corrected chi connectivity index (χ0v) is 38.4. The summed E-state index contributed by atoms with van der Waals surface area (Å²) in [4.78, 5) is 26.1. The van der Waals surface area contributed by atoms with E-state index < -0.39 is 18.2 Å². The number of aliphatic hydroxyl groups is 2. The van der Waals surface area contributed by atoms with E-state index in [1.807, 2.05) is 24.3 Å². The van der Waals surface area contributed by atoms with Gasteiger partial charge in [-0.25, -0.2) is 0 Å². The normalized spacial score (nSPS) is 13.7. The highest BCUT2D eigenvalue weighted by molar-refractivity contribution is 5.77. The fourth-order valence-electron chi connectivity index (χ4n) is 7.50. The Hall–Kier alpha value is -2.18. The molecule has 0 aromatic rings. The number of unbranched alkanes of at least 4 members (excludes halogenated alkanes) is 27. The molecule has 0 bridgehead atoms. The number of esters is 1. The molecule has 0 saturated carbocycles. The molecule has 0 aliphatic carbocycles. The van der Waals surface area contributed by atoms with E-state index in [1.54, 1.807) is 0 Å². The number of hydrogen-bond donors (Lipinski definition) is 3. The second-order valence-corrected chi connectivity index (χ2v) is 16.9. The summed E-state index contributed by atoms with van der Waals surface area (Å²) >= 11 is 0. The van der Waals surface area contributed by atoms with E-state index in [0.29, 0.717) is 19.3 Å². The Bertz CT molecular complexity index is 1000. The fraction of sp³-hybridized carbons (Fsp3) is 0.808. The lowest BCUT2D eigenvalue weighted by molar-refractivity contribution is -0.151. The first-order valence-electron chi connectivity index (χ1n) is 24.9. The molecule has 0 spiro atoms. The predicted octanol–water partition coefficient (Wildman–Crippen LogP) is 14.7. The molecule has 0 radical (unpaired) electrons. The van der Waals surface area contributed by atoms with E-state index in [-0.39, 0.29) is 24.9 Å². The Balaban J connectivity index is 4.62. The second kappa shape index (κ2) is 45.9. The van der Waals surface area contributed by atoms with E-state index >= 15 is 0 Å². The van der Waals surface area contributed by atoms with Gasteiger partial charge in [0.2, 0.25) is 5.91 Å². The lowest BCUT2D eigenvalue weighted by Gasteiger charge is -2.24. The third kappa shape index (κ3) is 40.6. The molecule has 6 heteroatoms. The van der Waals surface area contributed by atoms with Crippen LogP contribution in [-0.4, -0.2) is 46.9 Å². The number of hydrogen-bond acceptors (Lipinski definition) is 5.